The third-order valence-corrected chi connectivity index (χ3v) is 2.81. The number of nitrogens with one attached hydrogen (secondary N) is 2. The summed E-state index contributed by atoms with van der Waals surface area (Å²) in [5.41, 5.74) is 5.21. The van der Waals surface area contributed by atoms with Crippen molar-refractivity contribution in [3.05, 3.63) is 0 Å². The molecule has 2 unspecified atom stereocenters. The highest BCUT2D eigenvalue weighted by Crippen LogP contribution is 2.19. The maximum Gasteiger partial charge on any atom is 0.234 e. The van der Waals surface area contributed by atoms with Gasteiger partial charge in [-0.1, -0.05) is 0 Å². The minimum absolute atomic E-state index is 0.0917. The summed E-state index contributed by atoms with van der Waals surface area (Å²) < 4.78 is 0. The van der Waals surface area contributed by atoms with E-state index in [1.807, 2.05) is 0 Å². The second-order valence-corrected chi connectivity index (χ2v) is 4.08. The van der Waals surface area contributed by atoms with Crippen LogP contribution in [-0.2, 0) is 4.79 Å². The lowest BCUT2D eigenvalue weighted by Crippen LogP contribution is -2.43. The molecule has 0 radical (unpaired) electrons. The lowest BCUT2D eigenvalue weighted by molar-refractivity contribution is -0.119. The molecular formula is C9H17N3O. The smallest absolute Gasteiger partial charge is 0.234 e. The maximum atomic E-state index is 10.8. The van der Waals surface area contributed by atoms with E-state index in [1.165, 1.54) is 12.8 Å². The van der Waals surface area contributed by atoms with Gasteiger partial charge in [0.05, 0.1) is 6.04 Å². The summed E-state index contributed by atoms with van der Waals surface area (Å²) in [6.45, 7) is 0.981. The minimum atomic E-state index is -0.214. The predicted molar refractivity (Wildman–Crippen MR) is 50.2 cm³/mol. The molecule has 0 bridgehead atoms. The normalized spacial score (nSPS) is 33.5. The topological polar surface area (TPSA) is 67.2 Å². The predicted octanol–water partition coefficient (Wildman–Crippen LogP) is -0.656. The SMILES string of the molecule is NC(=O)C1CCC(CNC2CC2)N1. The summed E-state index contributed by atoms with van der Waals surface area (Å²) in [4.78, 5) is 10.8. The largest absolute Gasteiger partial charge is 0.368 e. The molecule has 13 heavy (non-hydrogen) atoms. The number of primary amides is 1. The number of amides is 1. The van der Waals surface area contributed by atoms with Gasteiger partial charge in [-0.15, -0.1) is 0 Å². The van der Waals surface area contributed by atoms with Crippen LogP contribution in [-0.4, -0.2) is 30.6 Å². The molecule has 2 fully saturated rings. The van der Waals surface area contributed by atoms with E-state index in [9.17, 15) is 4.79 Å². The zero-order valence-electron chi connectivity index (χ0n) is 7.75. The molecule has 1 saturated carbocycles. The molecule has 2 rings (SSSR count). The maximum absolute atomic E-state index is 10.8. The highest BCUT2D eigenvalue weighted by Gasteiger charge is 2.28. The molecule has 4 heteroatoms. The van der Waals surface area contributed by atoms with Crippen LogP contribution in [0.2, 0.25) is 0 Å². The van der Waals surface area contributed by atoms with Crippen molar-refractivity contribution >= 4 is 5.91 Å². The van der Waals surface area contributed by atoms with Gasteiger partial charge in [0, 0.05) is 18.6 Å². The van der Waals surface area contributed by atoms with Crippen molar-refractivity contribution in [2.75, 3.05) is 6.54 Å². The first-order chi connectivity index (χ1) is 6.25. The third-order valence-electron chi connectivity index (χ3n) is 2.81. The second kappa shape index (κ2) is 3.64. The molecule has 0 aromatic heterocycles. The molecule has 1 amide bonds. The van der Waals surface area contributed by atoms with Gasteiger partial charge < -0.3 is 16.4 Å². The zero-order valence-corrected chi connectivity index (χ0v) is 7.75. The van der Waals surface area contributed by atoms with Gasteiger partial charge in [0.1, 0.15) is 0 Å². The van der Waals surface area contributed by atoms with Crippen LogP contribution < -0.4 is 16.4 Å². The molecule has 0 aromatic carbocycles. The first-order valence-corrected chi connectivity index (χ1v) is 5.04. The number of carbonyl (C=O) groups is 1. The van der Waals surface area contributed by atoms with Crippen molar-refractivity contribution in [1.82, 2.24) is 10.6 Å². The van der Waals surface area contributed by atoms with Crippen molar-refractivity contribution in [3.8, 4) is 0 Å². The quantitative estimate of drug-likeness (QED) is 0.542. The first-order valence-electron chi connectivity index (χ1n) is 5.04. The zero-order chi connectivity index (χ0) is 9.26. The number of nitrogens with two attached hydrogens (primary N) is 1. The molecule has 74 valence electrons. The standard InChI is InChI=1S/C9H17N3O/c10-9(13)8-4-3-7(12-8)5-11-6-1-2-6/h6-8,11-12H,1-5H2,(H2,10,13). The van der Waals surface area contributed by atoms with Crippen LogP contribution in [0.1, 0.15) is 25.7 Å². The Labute approximate surface area is 78.2 Å². The Hall–Kier alpha value is -0.610. The number of carbonyl (C=O) groups excluding carboxylic acids is 1. The highest BCUT2D eigenvalue weighted by atomic mass is 16.1. The fraction of sp³-hybridized carbons (Fsp3) is 0.889. The van der Waals surface area contributed by atoms with E-state index in [1.54, 1.807) is 0 Å². The Balaban J connectivity index is 1.67. The van der Waals surface area contributed by atoms with Crippen LogP contribution in [0.25, 0.3) is 0 Å². The molecule has 1 aliphatic heterocycles. The lowest BCUT2D eigenvalue weighted by Gasteiger charge is -2.12. The van der Waals surface area contributed by atoms with Crippen LogP contribution in [0.5, 0.6) is 0 Å². The van der Waals surface area contributed by atoms with Crippen molar-refractivity contribution in [2.45, 2.75) is 43.8 Å². The molecule has 0 spiro atoms. The molecule has 4 nitrogen and oxygen atoms in total. The Bertz CT molecular complexity index is 203. The number of hydrogen-bond acceptors (Lipinski definition) is 3. The van der Waals surface area contributed by atoms with E-state index >= 15 is 0 Å². The van der Waals surface area contributed by atoms with E-state index in [2.05, 4.69) is 10.6 Å². The fourth-order valence-electron chi connectivity index (χ4n) is 1.80. The van der Waals surface area contributed by atoms with Crippen molar-refractivity contribution < 1.29 is 4.79 Å². The molecule has 2 aliphatic rings. The van der Waals surface area contributed by atoms with E-state index in [-0.39, 0.29) is 11.9 Å². The van der Waals surface area contributed by atoms with Crippen molar-refractivity contribution in [2.24, 2.45) is 5.73 Å². The summed E-state index contributed by atoms with van der Waals surface area (Å²) in [5, 5.41) is 6.68. The van der Waals surface area contributed by atoms with Crippen LogP contribution >= 0.6 is 0 Å². The summed E-state index contributed by atoms with van der Waals surface area (Å²) in [6, 6.07) is 1.10. The van der Waals surface area contributed by atoms with Crippen LogP contribution in [0.4, 0.5) is 0 Å². The average Bonchev–Trinajstić information content (AvgIpc) is 2.79. The van der Waals surface area contributed by atoms with Crippen molar-refractivity contribution in [1.29, 1.82) is 0 Å². The molecule has 1 heterocycles. The third kappa shape index (κ3) is 2.42. The first kappa shape index (κ1) is 8.97. The van der Waals surface area contributed by atoms with Gasteiger partial charge in [0.15, 0.2) is 0 Å². The lowest BCUT2D eigenvalue weighted by atomic mass is 10.2. The van der Waals surface area contributed by atoms with E-state index < -0.39 is 0 Å². The second-order valence-electron chi connectivity index (χ2n) is 4.08. The molecule has 2 atom stereocenters. The summed E-state index contributed by atoms with van der Waals surface area (Å²) in [7, 11) is 0. The van der Waals surface area contributed by atoms with Gasteiger partial charge in [-0.2, -0.15) is 0 Å². The molecular weight excluding hydrogens is 166 g/mol. The summed E-state index contributed by atoms with van der Waals surface area (Å²) >= 11 is 0. The number of hydrogen-bond donors (Lipinski definition) is 3. The fourth-order valence-corrected chi connectivity index (χ4v) is 1.80. The average molecular weight is 183 g/mol. The molecule has 4 N–H and O–H groups in total. The Morgan fingerprint density at radius 3 is 2.69 bits per heavy atom. The van der Waals surface area contributed by atoms with Gasteiger partial charge in [-0.3, -0.25) is 4.79 Å². The van der Waals surface area contributed by atoms with Gasteiger partial charge in [0.2, 0.25) is 5.91 Å². The van der Waals surface area contributed by atoms with E-state index in [0.29, 0.717) is 6.04 Å². The van der Waals surface area contributed by atoms with E-state index in [4.69, 9.17) is 5.73 Å². The molecule has 1 saturated heterocycles. The minimum Gasteiger partial charge on any atom is -0.368 e. The number of rotatable bonds is 4. The van der Waals surface area contributed by atoms with Gasteiger partial charge in [0.25, 0.3) is 0 Å². The summed E-state index contributed by atoms with van der Waals surface area (Å²) in [5.74, 6) is -0.214. The summed E-state index contributed by atoms with van der Waals surface area (Å²) in [6.07, 6.45) is 4.58. The van der Waals surface area contributed by atoms with Gasteiger partial charge in [-0.25, -0.2) is 0 Å². The monoisotopic (exact) mass is 183 g/mol. The molecule has 1 aliphatic carbocycles. The Morgan fingerprint density at radius 1 is 1.38 bits per heavy atom. The van der Waals surface area contributed by atoms with Crippen LogP contribution in [0.15, 0.2) is 0 Å². The van der Waals surface area contributed by atoms with Crippen LogP contribution in [0, 0.1) is 0 Å². The Kier molecular flexibility index (Phi) is 2.51. The highest BCUT2D eigenvalue weighted by molar-refractivity contribution is 5.80. The van der Waals surface area contributed by atoms with Crippen LogP contribution in [0.3, 0.4) is 0 Å². The van der Waals surface area contributed by atoms with E-state index in [0.717, 1.165) is 25.4 Å². The van der Waals surface area contributed by atoms with Crippen molar-refractivity contribution in [3.63, 3.8) is 0 Å². The molecule has 0 aromatic rings. The Morgan fingerprint density at radius 2 is 2.15 bits per heavy atom. The van der Waals surface area contributed by atoms with Gasteiger partial charge in [-0.05, 0) is 25.7 Å². The van der Waals surface area contributed by atoms with Gasteiger partial charge >= 0.3 is 0 Å².